The third-order valence-electron chi connectivity index (χ3n) is 7.02. The van der Waals surface area contributed by atoms with Crippen molar-refractivity contribution in [2.75, 3.05) is 51.3 Å². The lowest BCUT2D eigenvalue weighted by Gasteiger charge is -2.44. The predicted octanol–water partition coefficient (Wildman–Crippen LogP) is 3.10. The highest BCUT2D eigenvalue weighted by Gasteiger charge is 2.38. The molecule has 0 amide bonds. The van der Waals surface area contributed by atoms with Gasteiger partial charge in [-0.25, -0.2) is 9.59 Å². The van der Waals surface area contributed by atoms with E-state index < -0.39 is 12.1 Å². The molecule has 0 radical (unpaired) electrons. The number of piperidine rings is 1. The van der Waals surface area contributed by atoms with Gasteiger partial charge in [-0.15, -0.1) is 0 Å². The third-order valence-corrected chi connectivity index (χ3v) is 7.02. The molecule has 4 N–H and O–H groups in total. The number of anilines is 1. The Balaban J connectivity index is 0.000000532. The van der Waals surface area contributed by atoms with Crippen LogP contribution in [0.15, 0.2) is 54.6 Å². The number of benzene rings is 2. The number of methoxy groups -OCH3 is 1. The minimum atomic E-state index is -5.08. The minimum absolute atomic E-state index is 0.106. The van der Waals surface area contributed by atoms with Crippen LogP contribution >= 0.6 is 0 Å². The number of nitrogens with one attached hydrogen (secondary N) is 1. The summed E-state index contributed by atoms with van der Waals surface area (Å²) in [6.07, 6.45) is -2.96. The molecule has 0 aliphatic carbocycles. The molecule has 2 saturated heterocycles. The number of nitrogen functional groups attached to an aromatic ring is 1. The van der Waals surface area contributed by atoms with Gasteiger partial charge in [-0.3, -0.25) is 15.2 Å². The van der Waals surface area contributed by atoms with Gasteiger partial charge < -0.3 is 20.5 Å². The average molecular weight is 550 g/mol. The van der Waals surface area contributed by atoms with Crippen LogP contribution in [0.25, 0.3) is 0 Å². The number of hydrogen-bond acceptors (Lipinski definition) is 7. The van der Waals surface area contributed by atoms with Crippen molar-refractivity contribution in [3.8, 4) is 0 Å². The van der Waals surface area contributed by atoms with Gasteiger partial charge in [0.05, 0.1) is 7.11 Å². The highest BCUT2D eigenvalue weighted by Crippen LogP contribution is 2.28. The highest BCUT2D eigenvalue weighted by atomic mass is 19.4. The van der Waals surface area contributed by atoms with Crippen molar-refractivity contribution < 1.29 is 32.6 Å². The first kappa shape index (κ1) is 29.9. The molecule has 9 nitrogen and oxygen atoms in total. The maximum Gasteiger partial charge on any atom is 0.490 e. The van der Waals surface area contributed by atoms with Crippen molar-refractivity contribution in [1.82, 2.24) is 9.80 Å². The van der Waals surface area contributed by atoms with Crippen LogP contribution in [0.4, 0.5) is 18.9 Å². The SMILES string of the molecule is COC(=O)C(c1ccccc1)N1CCC(N2CCN(c3ccc(C(=N)N)cc3)CC2)CC1.O=C(O)C(F)(F)F. The number of halogens is 3. The summed E-state index contributed by atoms with van der Waals surface area (Å²) >= 11 is 0. The number of carboxylic acids is 1. The fourth-order valence-corrected chi connectivity index (χ4v) is 4.95. The molecule has 212 valence electrons. The number of rotatable bonds is 6. The lowest BCUT2D eigenvalue weighted by molar-refractivity contribution is -0.192. The number of nitrogens with two attached hydrogens (primary N) is 1. The number of aliphatic carboxylic acids is 1. The topological polar surface area (TPSA) is 123 Å². The molecule has 2 heterocycles. The molecule has 2 aliphatic rings. The Morgan fingerprint density at radius 1 is 0.974 bits per heavy atom. The van der Waals surface area contributed by atoms with Crippen LogP contribution in [0, 0.1) is 5.41 Å². The summed E-state index contributed by atoms with van der Waals surface area (Å²) in [5, 5.41) is 14.7. The van der Waals surface area contributed by atoms with E-state index in [1.54, 1.807) is 0 Å². The molecule has 2 aliphatic heterocycles. The second-order valence-corrected chi connectivity index (χ2v) is 9.39. The number of carboxylic acid groups (broad SMARTS) is 1. The van der Waals surface area contributed by atoms with Crippen molar-refractivity contribution in [3.05, 3.63) is 65.7 Å². The Hall–Kier alpha value is -3.64. The number of carbonyl (C=O) groups is 2. The van der Waals surface area contributed by atoms with Crippen molar-refractivity contribution in [2.45, 2.75) is 31.1 Å². The number of esters is 1. The van der Waals surface area contributed by atoms with Crippen molar-refractivity contribution >= 4 is 23.5 Å². The van der Waals surface area contributed by atoms with E-state index >= 15 is 0 Å². The minimum Gasteiger partial charge on any atom is -0.475 e. The molecule has 0 bridgehead atoms. The molecule has 0 saturated carbocycles. The molecule has 39 heavy (non-hydrogen) atoms. The predicted molar refractivity (Wildman–Crippen MR) is 141 cm³/mol. The van der Waals surface area contributed by atoms with Crippen LogP contribution in [-0.2, 0) is 14.3 Å². The number of ether oxygens (including phenoxy) is 1. The fraction of sp³-hybridized carbons (Fsp3) is 0.444. The normalized spacial score (nSPS) is 18.0. The average Bonchev–Trinajstić information content (AvgIpc) is 2.94. The van der Waals surface area contributed by atoms with Gasteiger partial charge in [-0.1, -0.05) is 30.3 Å². The number of piperazine rings is 1. The number of hydrogen-bond donors (Lipinski definition) is 3. The first-order chi connectivity index (χ1) is 18.5. The van der Waals surface area contributed by atoms with E-state index in [-0.39, 0.29) is 17.8 Å². The lowest BCUT2D eigenvalue weighted by atomic mass is 9.97. The van der Waals surface area contributed by atoms with Gasteiger partial charge in [0.2, 0.25) is 0 Å². The second kappa shape index (κ2) is 13.4. The van der Waals surface area contributed by atoms with Gasteiger partial charge in [-0.05, 0) is 42.7 Å². The Labute approximate surface area is 225 Å². The van der Waals surface area contributed by atoms with Crippen molar-refractivity contribution in [3.63, 3.8) is 0 Å². The Kier molecular flexibility index (Phi) is 10.3. The van der Waals surface area contributed by atoms with Crippen LogP contribution in [0.5, 0.6) is 0 Å². The van der Waals surface area contributed by atoms with Gasteiger partial charge in [-0.2, -0.15) is 13.2 Å². The summed E-state index contributed by atoms with van der Waals surface area (Å²) in [5.74, 6) is -2.83. The van der Waals surface area contributed by atoms with Gasteiger partial charge in [0.1, 0.15) is 11.9 Å². The summed E-state index contributed by atoms with van der Waals surface area (Å²) in [4.78, 5) is 28.7. The highest BCUT2D eigenvalue weighted by molar-refractivity contribution is 5.95. The molecule has 2 aromatic carbocycles. The van der Waals surface area contributed by atoms with Crippen LogP contribution in [0.2, 0.25) is 0 Å². The quantitative estimate of drug-likeness (QED) is 0.285. The van der Waals surface area contributed by atoms with Crippen LogP contribution in [0.3, 0.4) is 0 Å². The van der Waals surface area contributed by atoms with Gasteiger partial charge in [0.25, 0.3) is 0 Å². The zero-order chi connectivity index (χ0) is 28.6. The zero-order valence-electron chi connectivity index (χ0n) is 21.7. The second-order valence-electron chi connectivity index (χ2n) is 9.39. The summed E-state index contributed by atoms with van der Waals surface area (Å²) in [6, 6.07) is 18.1. The standard InChI is InChI=1S/C25H33N5O2.C2HF3O2/c1-32-25(31)23(19-5-3-2-4-6-19)30-13-11-22(12-14-30)29-17-15-28(16-18-29)21-9-7-20(8-10-21)24(26)27;3-2(4,5)1(6)7/h2-10,22-23H,11-18H2,1H3,(H3,26,27);(H,6,7). The molecule has 1 atom stereocenters. The molecule has 0 aromatic heterocycles. The fourth-order valence-electron chi connectivity index (χ4n) is 4.95. The number of carbonyl (C=O) groups excluding carboxylic acids is 1. The van der Waals surface area contributed by atoms with Crippen LogP contribution < -0.4 is 10.6 Å². The molecular weight excluding hydrogens is 515 g/mol. The first-order valence-corrected chi connectivity index (χ1v) is 12.6. The lowest BCUT2D eigenvalue weighted by Crippen LogP contribution is -2.54. The van der Waals surface area contributed by atoms with Crippen LogP contribution in [-0.4, -0.2) is 91.3 Å². The maximum atomic E-state index is 12.5. The number of alkyl halides is 3. The van der Waals surface area contributed by atoms with E-state index in [1.165, 1.54) is 12.8 Å². The third kappa shape index (κ3) is 8.17. The summed E-state index contributed by atoms with van der Waals surface area (Å²) in [6.45, 7) is 5.86. The zero-order valence-corrected chi connectivity index (χ0v) is 21.7. The number of nitrogens with zero attached hydrogens (tertiary/aromatic N) is 3. The largest absolute Gasteiger partial charge is 0.490 e. The first-order valence-electron chi connectivity index (χ1n) is 12.6. The van der Waals surface area contributed by atoms with E-state index in [0.717, 1.165) is 63.2 Å². The van der Waals surface area contributed by atoms with E-state index in [2.05, 4.69) is 26.8 Å². The van der Waals surface area contributed by atoms with E-state index in [4.69, 9.17) is 25.8 Å². The summed E-state index contributed by atoms with van der Waals surface area (Å²) in [5.41, 5.74) is 8.52. The van der Waals surface area contributed by atoms with Gasteiger partial charge in [0, 0.05) is 56.6 Å². The van der Waals surface area contributed by atoms with E-state index in [1.807, 2.05) is 42.5 Å². The Morgan fingerprint density at radius 2 is 1.51 bits per heavy atom. The van der Waals surface area contributed by atoms with Gasteiger partial charge in [0.15, 0.2) is 0 Å². The van der Waals surface area contributed by atoms with Gasteiger partial charge >= 0.3 is 18.1 Å². The maximum absolute atomic E-state index is 12.5. The summed E-state index contributed by atoms with van der Waals surface area (Å²) < 4.78 is 36.9. The molecule has 1 unspecified atom stereocenters. The molecule has 2 aromatic rings. The molecule has 4 rings (SSSR count). The Morgan fingerprint density at radius 3 is 1.97 bits per heavy atom. The van der Waals surface area contributed by atoms with Crippen molar-refractivity contribution in [2.24, 2.45) is 5.73 Å². The van der Waals surface area contributed by atoms with E-state index in [9.17, 15) is 18.0 Å². The van der Waals surface area contributed by atoms with Crippen molar-refractivity contribution in [1.29, 1.82) is 5.41 Å². The van der Waals surface area contributed by atoms with E-state index in [0.29, 0.717) is 6.04 Å². The number of amidine groups is 1. The summed E-state index contributed by atoms with van der Waals surface area (Å²) in [7, 11) is 1.47. The molecule has 12 heteroatoms. The van der Waals surface area contributed by atoms with Crippen LogP contribution in [0.1, 0.15) is 30.0 Å². The molecular formula is C27H34F3N5O4. The number of likely N-dealkylation sites (tertiary alicyclic amines) is 1. The molecule has 2 fully saturated rings. The smallest absolute Gasteiger partial charge is 0.475 e. The molecule has 0 spiro atoms. The monoisotopic (exact) mass is 549 g/mol. The Bertz CT molecular complexity index is 1100.